The van der Waals surface area contributed by atoms with Crippen molar-refractivity contribution in [3.63, 3.8) is 0 Å². The molecule has 1 N–H and O–H groups in total. The third-order valence-electron chi connectivity index (χ3n) is 3.76. The first kappa shape index (κ1) is 8.93. The second-order valence-corrected chi connectivity index (χ2v) is 4.62. The summed E-state index contributed by atoms with van der Waals surface area (Å²) < 4.78 is 0. The van der Waals surface area contributed by atoms with Crippen molar-refractivity contribution in [3.05, 3.63) is 47.0 Å². The monoisotopic (exact) mass is 223 g/mol. The van der Waals surface area contributed by atoms with Crippen LogP contribution in [0.2, 0.25) is 0 Å². The zero-order chi connectivity index (χ0) is 11.6. The quantitative estimate of drug-likeness (QED) is 0.691. The molecule has 0 aromatic heterocycles. The highest BCUT2D eigenvalue weighted by Crippen LogP contribution is 2.40. The largest absolute Gasteiger partial charge is 0.292 e. The van der Waals surface area contributed by atoms with Crippen LogP contribution in [0.1, 0.15) is 27.4 Å². The molecule has 0 fully saturated rings. The van der Waals surface area contributed by atoms with Crippen molar-refractivity contribution in [2.45, 2.75) is 12.3 Å². The molecule has 1 unspecified atom stereocenters. The molecule has 0 spiro atoms. The summed E-state index contributed by atoms with van der Waals surface area (Å²) >= 11 is 0. The van der Waals surface area contributed by atoms with Gasteiger partial charge in [-0.1, -0.05) is 24.3 Å². The zero-order valence-electron chi connectivity index (χ0n) is 8.99. The predicted octanol–water partition coefficient (Wildman–Crippen LogP) is 1.75. The molecule has 1 aliphatic carbocycles. The van der Waals surface area contributed by atoms with Crippen LogP contribution in [-0.4, -0.2) is 11.8 Å². The van der Waals surface area contributed by atoms with Gasteiger partial charge >= 0.3 is 0 Å². The van der Waals surface area contributed by atoms with Gasteiger partial charge in [0.2, 0.25) is 5.91 Å². The van der Waals surface area contributed by atoms with Crippen LogP contribution >= 0.6 is 0 Å². The van der Waals surface area contributed by atoms with Gasteiger partial charge in [-0.3, -0.25) is 14.9 Å². The molecule has 0 radical (unpaired) electrons. The first-order valence-corrected chi connectivity index (χ1v) is 5.65. The van der Waals surface area contributed by atoms with Crippen LogP contribution < -0.4 is 5.32 Å². The number of imide groups is 1. The van der Waals surface area contributed by atoms with E-state index in [1.165, 1.54) is 5.56 Å². The molecule has 3 nitrogen and oxygen atoms in total. The van der Waals surface area contributed by atoms with Gasteiger partial charge in [0.25, 0.3) is 5.91 Å². The average molecular weight is 223 g/mol. The van der Waals surface area contributed by atoms with Gasteiger partial charge in [-0.05, 0) is 34.4 Å². The predicted molar refractivity (Wildman–Crippen MR) is 62.9 cm³/mol. The molecule has 2 aliphatic heterocycles. The highest BCUT2D eigenvalue weighted by atomic mass is 16.2. The van der Waals surface area contributed by atoms with Crippen molar-refractivity contribution >= 4 is 22.6 Å². The van der Waals surface area contributed by atoms with E-state index in [9.17, 15) is 9.59 Å². The van der Waals surface area contributed by atoms with Gasteiger partial charge < -0.3 is 0 Å². The van der Waals surface area contributed by atoms with Gasteiger partial charge in [0.05, 0.1) is 5.92 Å². The lowest BCUT2D eigenvalue weighted by Crippen LogP contribution is -2.35. The van der Waals surface area contributed by atoms with Crippen molar-refractivity contribution in [2.75, 3.05) is 0 Å². The topological polar surface area (TPSA) is 46.2 Å². The van der Waals surface area contributed by atoms with Crippen LogP contribution in [0.5, 0.6) is 0 Å². The Morgan fingerprint density at radius 3 is 2.88 bits per heavy atom. The van der Waals surface area contributed by atoms with Crippen molar-refractivity contribution in [2.24, 2.45) is 0 Å². The lowest BCUT2D eigenvalue weighted by Gasteiger charge is -2.16. The Hall–Kier alpha value is -2.16. The van der Waals surface area contributed by atoms with Gasteiger partial charge in [0, 0.05) is 5.56 Å². The molecular formula is C14H9NO2. The van der Waals surface area contributed by atoms with Crippen LogP contribution in [0.4, 0.5) is 0 Å². The molecule has 17 heavy (non-hydrogen) atoms. The summed E-state index contributed by atoms with van der Waals surface area (Å²) in [5.74, 6) is -0.655. The fourth-order valence-electron chi connectivity index (χ4n) is 3.00. The molecule has 1 atom stereocenters. The van der Waals surface area contributed by atoms with E-state index in [1.54, 1.807) is 0 Å². The summed E-state index contributed by atoms with van der Waals surface area (Å²) in [5.41, 5.74) is 2.83. The summed E-state index contributed by atoms with van der Waals surface area (Å²) in [6.45, 7) is 0. The number of carbonyl (C=O) groups is 2. The standard InChI is InChI=1S/C14H9NO2/c16-13-10-5-4-9-11(14(17)15-13)6-7-2-1-3-8(10)12(7)9/h1-5,11H,6H2,(H,15,16,17). The number of amides is 2. The zero-order valence-corrected chi connectivity index (χ0v) is 8.99. The Labute approximate surface area is 97.4 Å². The minimum Gasteiger partial charge on any atom is -0.292 e. The van der Waals surface area contributed by atoms with Gasteiger partial charge in [-0.25, -0.2) is 0 Å². The fraction of sp³-hybridized carbons (Fsp3) is 0.143. The minimum absolute atomic E-state index is 0.172. The Bertz CT molecular complexity index is 703. The molecule has 0 saturated heterocycles. The second-order valence-electron chi connectivity index (χ2n) is 4.62. The number of nitrogens with one attached hydrogen (secondary N) is 1. The molecule has 4 bridgehead atoms. The Kier molecular flexibility index (Phi) is 1.44. The van der Waals surface area contributed by atoms with Crippen LogP contribution in [-0.2, 0) is 11.2 Å². The minimum atomic E-state index is -0.282. The maximum absolute atomic E-state index is 11.9. The molecule has 2 heterocycles. The third kappa shape index (κ3) is 0.965. The van der Waals surface area contributed by atoms with E-state index >= 15 is 0 Å². The number of rotatable bonds is 0. The lowest BCUT2D eigenvalue weighted by atomic mass is 9.94. The molecule has 82 valence electrons. The lowest BCUT2D eigenvalue weighted by molar-refractivity contribution is -0.121. The maximum Gasteiger partial charge on any atom is 0.258 e. The van der Waals surface area contributed by atoms with Crippen LogP contribution in [0.3, 0.4) is 0 Å². The first-order valence-electron chi connectivity index (χ1n) is 5.65. The summed E-state index contributed by atoms with van der Waals surface area (Å²) in [6, 6.07) is 9.70. The Balaban J connectivity index is 2.25. The SMILES string of the molecule is O=C1NC(=O)C2Cc3cccc4c1ccc2c34. The summed E-state index contributed by atoms with van der Waals surface area (Å²) in [6.07, 6.45) is 0.704. The molecule has 3 aliphatic rings. The van der Waals surface area contributed by atoms with Gasteiger partial charge in [-0.15, -0.1) is 0 Å². The smallest absolute Gasteiger partial charge is 0.258 e. The van der Waals surface area contributed by atoms with E-state index in [2.05, 4.69) is 5.32 Å². The third-order valence-corrected chi connectivity index (χ3v) is 3.76. The van der Waals surface area contributed by atoms with Crippen molar-refractivity contribution < 1.29 is 9.59 Å². The summed E-state index contributed by atoms with van der Waals surface area (Å²) in [5, 5.41) is 4.55. The van der Waals surface area contributed by atoms with Gasteiger partial charge in [-0.2, -0.15) is 0 Å². The highest BCUT2D eigenvalue weighted by Gasteiger charge is 2.34. The fourth-order valence-corrected chi connectivity index (χ4v) is 3.00. The van der Waals surface area contributed by atoms with Crippen LogP contribution in [0.25, 0.3) is 10.8 Å². The van der Waals surface area contributed by atoms with E-state index in [-0.39, 0.29) is 17.7 Å². The van der Waals surface area contributed by atoms with E-state index in [0.717, 1.165) is 16.3 Å². The van der Waals surface area contributed by atoms with Crippen molar-refractivity contribution in [1.29, 1.82) is 0 Å². The Morgan fingerprint density at radius 2 is 2.00 bits per heavy atom. The number of hydrogen-bond donors (Lipinski definition) is 1. The second kappa shape index (κ2) is 2.74. The van der Waals surface area contributed by atoms with E-state index in [1.807, 2.05) is 30.3 Å². The molecule has 2 aromatic rings. The summed E-state index contributed by atoms with van der Waals surface area (Å²) in [4.78, 5) is 23.9. The van der Waals surface area contributed by atoms with Crippen LogP contribution in [0, 0.1) is 0 Å². The van der Waals surface area contributed by atoms with Crippen LogP contribution in [0.15, 0.2) is 30.3 Å². The Morgan fingerprint density at radius 1 is 1.12 bits per heavy atom. The first-order chi connectivity index (χ1) is 8.25. The molecular weight excluding hydrogens is 214 g/mol. The van der Waals surface area contributed by atoms with Crippen molar-refractivity contribution in [1.82, 2.24) is 5.32 Å². The number of fused-ring (bicyclic) bond motifs is 3. The highest BCUT2D eigenvalue weighted by molar-refractivity contribution is 6.18. The van der Waals surface area contributed by atoms with E-state index in [4.69, 9.17) is 0 Å². The molecule has 2 amide bonds. The molecule has 0 saturated carbocycles. The van der Waals surface area contributed by atoms with E-state index in [0.29, 0.717) is 12.0 Å². The number of benzene rings is 2. The number of carbonyl (C=O) groups excluding carboxylic acids is 2. The van der Waals surface area contributed by atoms with E-state index < -0.39 is 0 Å². The maximum atomic E-state index is 11.9. The summed E-state index contributed by atoms with van der Waals surface area (Å²) in [7, 11) is 0. The molecule has 2 aromatic carbocycles. The van der Waals surface area contributed by atoms with Gasteiger partial charge in [0.15, 0.2) is 0 Å². The average Bonchev–Trinajstić information content (AvgIpc) is 2.69. The molecule has 3 heteroatoms. The normalized spacial score (nSPS) is 20.8. The van der Waals surface area contributed by atoms with Gasteiger partial charge in [0.1, 0.15) is 0 Å². The number of hydrogen-bond acceptors (Lipinski definition) is 2. The molecule has 5 rings (SSSR count). The van der Waals surface area contributed by atoms with Crippen molar-refractivity contribution in [3.8, 4) is 0 Å².